The van der Waals surface area contributed by atoms with Gasteiger partial charge in [-0.05, 0) is 64.1 Å². The summed E-state index contributed by atoms with van der Waals surface area (Å²) in [7, 11) is 2.96. The first kappa shape index (κ1) is 20.0. The maximum Gasteiger partial charge on any atom is 0.270 e. The molecule has 2 aromatic carbocycles. The number of para-hydroxylation sites is 1. The van der Waals surface area contributed by atoms with E-state index < -0.39 is 17.6 Å². The molecule has 1 heterocycles. The van der Waals surface area contributed by atoms with Crippen molar-refractivity contribution in [1.29, 1.82) is 0 Å². The minimum Gasteiger partial charge on any atom is -0.493 e. The minimum atomic E-state index is -0.732. The topological polar surface area (TPSA) is 67.9 Å². The molecule has 1 N–H and O–H groups in total. The van der Waals surface area contributed by atoms with Crippen LogP contribution in [0.3, 0.4) is 0 Å². The third-order valence-corrected chi connectivity index (χ3v) is 4.84. The predicted molar refractivity (Wildman–Crippen MR) is 110 cm³/mol. The van der Waals surface area contributed by atoms with Gasteiger partial charge in [0.2, 0.25) is 0 Å². The van der Waals surface area contributed by atoms with Gasteiger partial charge in [-0.1, -0.05) is 12.1 Å². The number of carbonyl (C=O) groups excluding carboxylic acids is 2. The van der Waals surface area contributed by atoms with E-state index in [4.69, 9.17) is 21.7 Å². The summed E-state index contributed by atoms with van der Waals surface area (Å²) in [6, 6.07) is 8.94. The van der Waals surface area contributed by atoms with Crippen molar-refractivity contribution < 1.29 is 23.5 Å². The molecule has 2 aromatic rings. The summed E-state index contributed by atoms with van der Waals surface area (Å²) in [5.74, 6) is -1.16. The van der Waals surface area contributed by atoms with Crippen LogP contribution in [-0.2, 0) is 9.59 Å². The number of thiocarbonyl (C=S) groups is 1. The first-order valence-corrected chi connectivity index (χ1v) is 9.15. The molecule has 1 fully saturated rings. The van der Waals surface area contributed by atoms with Gasteiger partial charge >= 0.3 is 0 Å². The number of rotatable bonds is 4. The van der Waals surface area contributed by atoms with Crippen molar-refractivity contribution in [2.24, 2.45) is 0 Å². The Morgan fingerprint density at radius 3 is 2.54 bits per heavy atom. The largest absolute Gasteiger partial charge is 0.493 e. The van der Waals surface area contributed by atoms with Gasteiger partial charge in [0.15, 0.2) is 16.6 Å². The van der Waals surface area contributed by atoms with E-state index in [-0.39, 0.29) is 16.4 Å². The molecule has 9 heteroatoms. The van der Waals surface area contributed by atoms with E-state index in [1.54, 1.807) is 18.2 Å². The Bertz CT molecular complexity index is 1020. The van der Waals surface area contributed by atoms with Gasteiger partial charge in [0.1, 0.15) is 11.4 Å². The summed E-state index contributed by atoms with van der Waals surface area (Å²) in [4.78, 5) is 26.3. The number of amides is 2. The third-order valence-electron chi connectivity index (χ3n) is 3.96. The fraction of sp³-hybridized carbons (Fsp3) is 0.105. The van der Waals surface area contributed by atoms with Crippen molar-refractivity contribution in [1.82, 2.24) is 5.32 Å². The van der Waals surface area contributed by atoms with Crippen molar-refractivity contribution in [2.45, 2.75) is 0 Å². The first-order valence-electron chi connectivity index (χ1n) is 7.95. The van der Waals surface area contributed by atoms with Crippen LogP contribution in [0.2, 0.25) is 0 Å². The molecule has 0 saturated carbocycles. The molecule has 0 radical (unpaired) electrons. The van der Waals surface area contributed by atoms with Gasteiger partial charge in [0.05, 0.1) is 24.4 Å². The van der Waals surface area contributed by atoms with Gasteiger partial charge in [0.25, 0.3) is 11.8 Å². The fourth-order valence-electron chi connectivity index (χ4n) is 2.70. The number of carbonyl (C=O) groups is 2. The lowest BCUT2D eigenvalue weighted by atomic mass is 10.1. The number of halogens is 2. The maximum atomic E-state index is 14.2. The van der Waals surface area contributed by atoms with E-state index in [0.717, 1.165) is 4.90 Å². The lowest BCUT2D eigenvalue weighted by Gasteiger charge is -2.29. The van der Waals surface area contributed by atoms with Crippen LogP contribution in [0.4, 0.5) is 10.1 Å². The van der Waals surface area contributed by atoms with E-state index >= 15 is 0 Å². The van der Waals surface area contributed by atoms with E-state index in [1.165, 1.54) is 38.5 Å². The van der Waals surface area contributed by atoms with Crippen LogP contribution in [0.15, 0.2) is 46.4 Å². The Kier molecular flexibility index (Phi) is 5.76. The van der Waals surface area contributed by atoms with Crippen molar-refractivity contribution in [3.63, 3.8) is 0 Å². The van der Waals surface area contributed by atoms with Crippen LogP contribution in [-0.4, -0.2) is 31.1 Å². The smallest absolute Gasteiger partial charge is 0.270 e. The Hall–Kier alpha value is -2.78. The van der Waals surface area contributed by atoms with Crippen LogP contribution >= 0.6 is 28.1 Å². The van der Waals surface area contributed by atoms with E-state index in [9.17, 15) is 14.0 Å². The van der Waals surface area contributed by atoms with Crippen LogP contribution in [0.5, 0.6) is 11.5 Å². The van der Waals surface area contributed by atoms with Crippen LogP contribution in [0, 0.1) is 5.82 Å². The summed E-state index contributed by atoms with van der Waals surface area (Å²) in [6.07, 6.45) is 1.38. The van der Waals surface area contributed by atoms with Gasteiger partial charge in [0, 0.05) is 0 Å². The third kappa shape index (κ3) is 3.63. The summed E-state index contributed by atoms with van der Waals surface area (Å²) < 4.78 is 25.3. The summed E-state index contributed by atoms with van der Waals surface area (Å²) in [5, 5.41) is 2.23. The standard InChI is InChI=1S/C19H14BrFN2O4S/c1-26-15-9-10(8-12(20)16(15)27-2)7-11-17(24)22-19(28)23(18(11)25)14-6-4-3-5-13(14)21/h3-9H,1-2H3,(H,22,24,28)/b11-7-. The molecule has 0 aliphatic carbocycles. The Morgan fingerprint density at radius 2 is 1.89 bits per heavy atom. The maximum absolute atomic E-state index is 14.2. The quantitative estimate of drug-likeness (QED) is 0.426. The number of ether oxygens (including phenoxy) is 2. The molecule has 2 amide bonds. The molecule has 0 spiro atoms. The average Bonchev–Trinajstić information content (AvgIpc) is 2.66. The number of nitrogens with one attached hydrogen (secondary N) is 1. The van der Waals surface area contributed by atoms with Crippen molar-refractivity contribution in [3.8, 4) is 11.5 Å². The van der Waals surface area contributed by atoms with Gasteiger partial charge < -0.3 is 9.47 Å². The number of methoxy groups -OCH3 is 2. The zero-order valence-electron chi connectivity index (χ0n) is 14.8. The highest BCUT2D eigenvalue weighted by molar-refractivity contribution is 9.10. The highest BCUT2D eigenvalue weighted by Crippen LogP contribution is 2.37. The Labute approximate surface area is 174 Å². The Balaban J connectivity index is 2.07. The van der Waals surface area contributed by atoms with E-state index in [1.807, 2.05) is 0 Å². The molecule has 1 aliphatic rings. The first-order chi connectivity index (χ1) is 13.4. The lowest BCUT2D eigenvalue weighted by Crippen LogP contribution is -2.54. The fourth-order valence-corrected chi connectivity index (χ4v) is 3.59. The van der Waals surface area contributed by atoms with Gasteiger partial charge in [-0.25, -0.2) is 9.29 Å². The molecular formula is C19H14BrFN2O4S. The molecule has 3 rings (SSSR count). The SMILES string of the molecule is COc1cc(/C=C2/C(=O)NC(=S)N(c3ccccc3F)C2=O)cc(Br)c1OC. The summed E-state index contributed by atoms with van der Waals surface area (Å²) in [5.41, 5.74) is 0.261. The average molecular weight is 465 g/mol. The molecule has 144 valence electrons. The lowest BCUT2D eigenvalue weighted by molar-refractivity contribution is -0.122. The van der Waals surface area contributed by atoms with Gasteiger partial charge in [-0.3, -0.25) is 14.9 Å². The molecule has 0 aromatic heterocycles. The van der Waals surface area contributed by atoms with Crippen LogP contribution in [0.25, 0.3) is 6.08 Å². The van der Waals surface area contributed by atoms with Crippen LogP contribution < -0.4 is 19.7 Å². The monoisotopic (exact) mass is 464 g/mol. The van der Waals surface area contributed by atoms with Gasteiger partial charge in [-0.2, -0.15) is 0 Å². The molecule has 0 atom stereocenters. The number of benzene rings is 2. The van der Waals surface area contributed by atoms with E-state index in [2.05, 4.69) is 21.2 Å². The second-order valence-corrected chi connectivity index (χ2v) is 6.89. The minimum absolute atomic E-state index is 0.0445. The highest BCUT2D eigenvalue weighted by Gasteiger charge is 2.35. The van der Waals surface area contributed by atoms with Crippen LogP contribution in [0.1, 0.15) is 5.56 Å². The molecule has 0 unspecified atom stereocenters. The predicted octanol–water partition coefficient (Wildman–Crippen LogP) is 3.44. The second kappa shape index (κ2) is 8.07. The molecule has 1 saturated heterocycles. The summed E-state index contributed by atoms with van der Waals surface area (Å²) >= 11 is 8.43. The van der Waals surface area contributed by atoms with E-state index in [0.29, 0.717) is 21.5 Å². The molecule has 6 nitrogen and oxygen atoms in total. The molecule has 0 bridgehead atoms. The number of hydrogen-bond acceptors (Lipinski definition) is 5. The molecule has 1 aliphatic heterocycles. The van der Waals surface area contributed by atoms with Crippen molar-refractivity contribution in [3.05, 3.63) is 57.8 Å². The number of nitrogens with zero attached hydrogens (tertiary/aromatic N) is 1. The second-order valence-electron chi connectivity index (χ2n) is 5.65. The number of anilines is 1. The normalized spacial score (nSPS) is 15.6. The summed E-state index contributed by atoms with van der Waals surface area (Å²) in [6.45, 7) is 0. The van der Waals surface area contributed by atoms with Crippen molar-refractivity contribution >= 4 is 56.8 Å². The zero-order chi connectivity index (χ0) is 20.4. The number of hydrogen-bond donors (Lipinski definition) is 1. The Morgan fingerprint density at radius 1 is 1.18 bits per heavy atom. The van der Waals surface area contributed by atoms with Gasteiger partial charge in [-0.15, -0.1) is 0 Å². The zero-order valence-corrected chi connectivity index (χ0v) is 17.2. The van der Waals surface area contributed by atoms with Crippen molar-refractivity contribution in [2.75, 3.05) is 19.1 Å². The molecule has 28 heavy (non-hydrogen) atoms. The molecular weight excluding hydrogens is 451 g/mol. The highest BCUT2D eigenvalue weighted by atomic mass is 79.9.